The average Bonchev–Trinajstić information content (AvgIpc) is 2.85. The minimum Gasteiger partial charge on any atom is -0.465 e. The topological polar surface area (TPSA) is 26.3 Å². The SMILES string of the molecule is O=C(CCCCl)OCC1c2ccccc2-c2ccccc21. The minimum atomic E-state index is -0.169. The van der Waals surface area contributed by atoms with Gasteiger partial charge in [0.15, 0.2) is 0 Å². The van der Waals surface area contributed by atoms with E-state index in [4.69, 9.17) is 16.3 Å². The van der Waals surface area contributed by atoms with Crippen LogP contribution in [0, 0.1) is 0 Å². The Morgan fingerprint density at radius 3 is 2.14 bits per heavy atom. The third kappa shape index (κ3) is 2.81. The van der Waals surface area contributed by atoms with E-state index in [2.05, 4.69) is 24.3 Å². The molecule has 0 saturated carbocycles. The molecule has 1 aliphatic rings. The molecule has 2 aromatic carbocycles. The zero-order valence-corrected chi connectivity index (χ0v) is 12.5. The van der Waals surface area contributed by atoms with Crippen LogP contribution < -0.4 is 0 Å². The van der Waals surface area contributed by atoms with Gasteiger partial charge in [-0.2, -0.15) is 0 Å². The van der Waals surface area contributed by atoms with E-state index in [9.17, 15) is 4.79 Å². The quantitative estimate of drug-likeness (QED) is 0.606. The number of halogens is 1. The zero-order chi connectivity index (χ0) is 14.7. The summed E-state index contributed by atoms with van der Waals surface area (Å²) in [7, 11) is 0. The first-order valence-electron chi connectivity index (χ1n) is 7.21. The van der Waals surface area contributed by atoms with Crippen molar-refractivity contribution < 1.29 is 9.53 Å². The van der Waals surface area contributed by atoms with E-state index in [0.717, 1.165) is 0 Å². The summed E-state index contributed by atoms with van der Waals surface area (Å²) in [5.41, 5.74) is 4.97. The molecular weight excluding hydrogens is 284 g/mol. The van der Waals surface area contributed by atoms with Crippen molar-refractivity contribution in [1.82, 2.24) is 0 Å². The maximum Gasteiger partial charge on any atom is 0.305 e. The van der Waals surface area contributed by atoms with Gasteiger partial charge in [0.05, 0.1) is 0 Å². The molecule has 0 aliphatic heterocycles. The zero-order valence-electron chi connectivity index (χ0n) is 11.7. The van der Waals surface area contributed by atoms with Crippen molar-refractivity contribution in [2.45, 2.75) is 18.8 Å². The van der Waals surface area contributed by atoms with Crippen LogP contribution in [-0.4, -0.2) is 18.5 Å². The van der Waals surface area contributed by atoms with Crippen molar-refractivity contribution in [2.24, 2.45) is 0 Å². The fourth-order valence-corrected chi connectivity index (χ4v) is 3.03. The molecule has 0 unspecified atom stereocenters. The fourth-order valence-electron chi connectivity index (χ4n) is 2.90. The number of carbonyl (C=O) groups is 1. The first-order valence-corrected chi connectivity index (χ1v) is 7.74. The molecule has 0 radical (unpaired) electrons. The van der Waals surface area contributed by atoms with E-state index in [0.29, 0.717) is 25.3 Å². The second-order valence-electron chi connectivity index (χ2n) is 5.20. The van der Waals surface area contributed by atoms with Crippen molar-refractivity contribution in [1.29, 1.82) is 0 Å². The molecule has 0 N–H and O–H groups in total. The van der Waals surface area contributed by atoms with E-state index in [1.54, 1.807) is 0 Å². The predicted octanol–water partition coefficient (Wildman–Crippen LogP) is 4.36. The number of hydrogen-bond acceptors (Lipinski definition) is 2. The second kappa shape index (κ2) is 6.31. The molecule has 1 aliphatic carbocycles. The number of esters is 1. The van der Waals surface area contributed by atoms with Crippen LogP contribution in [0.25, 0.3) is 11.1 Å². The maximum absolute atomic E-state index is 11.7. The average molecular weight is 301 g/mol. The van der Waals surface area contributed by atoms with E-state index in [1.165, 1.54) is 22.3 Å². The van der Waals surface area contributed by atoms with Crippen LogP contribution in [0.5, 0.6) is 0 Å². The molecular formula is C18H17ClO2. The van der Waals surface area contributed by atoms with Crippen LogP contribution in [0.4, 0.5) is 0 Å². The smallest absolute Gasteiger partial charge is 0.305 e. The van der Waals surface area contributed by atoms with Crippen LogP contribution in [0.3, 0.4) is 0 Å². The Bertz CT molecular complexity index is 606. The highest BCUT2D eigenvalue weighted by Crippen LogP contribution is 2.44. The summed E-state index contributed by atoms with van der Waals surface area (Å²) in [5.74, 6) is 0.458. The van der Waals surface area contributed by atoms with Gasteiger partial charge >= 0.3 is 5.97 Å². The third-order valence-electron chi connectivity index (χ3n) is 3.89. The lowest BCUT2D eigenvalue weighted by Gasteiger charge is -2.14. The Morgan fingerprint density at radius 1 is 1.00 bits per heavy atom. The molecule has 0 bridgehead atoms. The molecule has 2 nitrogen and oxygen atoms in total. The van der Waals surface area contributed by atoms with Crippen LogP contribution in [-0.2, 0) is 9.53 Å². The third-order valence-corrected chi connectivity index (χ3v) is 4.16. The highest BCUT2D eigenvalue weighted by molar-refractivity contribution is 6.17. The van der Waals surface area contributed by atoms with Crippen LogP contribution in [0.15, 0.2) is 48.5 Å². The van der Waals surface area contributed by atoms with Crippen molar-refractivity contribution in [3.63, 3.8) is 0 Å². The van der Waals surface area contributed by atoms with E-state index in [-0.39, 0.29) is 11.9 Å². The number of fused-ring (bicyclic) bond motifs is 3. The predicted molar refractivity (Wildman–Crippen MR) is 84.6 cm³/mol. The highest BCUT2D eigenvalue weighted by atomic mass is 35.5. The standard InChI is InChI=1S/C18H17ClO2/c19-11-5-10-18(20)21-12-17-15-8-3-1-6-13(15)14-7-2-4-9-16(14)17/h1-4,6-9,17H,5,10-12H2. The first-order chi connectivity index (χ1) is 10.3. The van der Waals surface area contributed by atoms with E-state index in [1.807, 2.05) is 24.3 Å². The first kappa shape index (κ1) is 14.2. The Hall–Kier alpha value is -1.80. The lowest BCUT2D eigenvalue weighted by molar-refractivity contribution is -0.143. The summed E-state index contributed by atoms with van der Waals surface area (Å²) in [6.45, 7) is 0.398. The molecule has 0 heterocycles. The van der Waals surface area contributed by atoms with E-state index < -0.39 is 0 Å². The molecule has 108 valence electrons. The largest absolute Gasteiger partial charge is 0.465 e. The summed E-state index contributed by atoms with van der Waals surface area (Å²) in [6, 6.07) is 16.7. The van der Waals surface area contributed by atoms with Crippen molar-refractivity contribution in [3.05, 3.63) is 59.7 Å². The second-order valence-corrected chi connectivity index (χ2v) is 5.58. The van der Waals surface area contributed by atoms with Gasteiger partial charge in [-0.25, -0.2) is 0 Å². The fraction of sp³-hybridized carbons (Fsp3) is 0.278. The van der Waals surface area contributed by atoms with E-state index >= 15 is 0 Å². The van der Waals surface area contributed by atoms with Crippen LogP contribution in [0.1, 0.15) is 29.9 Å². The molecule has 2 aromatic rings. The van der Waals surface area contributed by atoms with Gasteiger partial charge in [-0.05, 0) is 28.7 Å². The molecule has 0 aromatic heterocycles. The summed E-state index contributed by atoms with van der Waals surface area (Å²) in [4.78, 5) is 11.7. The summed E-state index contributed by atoms with van der Waals surface area (Å²) < 4.78 is 5.44. The summed E-state index contributed by atoms with van der Waals surface area (Å²) >= 11 is 5.60. The molecule has 3 rings (SSSR count). The Labute approximate surface area is 129 Å². The summed E-state index contributed by atoms with van der Waals surface area (Å²) in [6.07, 6.45) is 1.05. The van der Waals surface area contributed by atoms with Gasteiger partial charge in [0.25, 0.3) is 0 Å². The number of ether oxygens (including phenoxy) is 1. The van der Waals surface area contributed by atoms with Gasteiger partial charge < -0.3 is 4.74 Å². The minimum absolute atomic E-state index is 0.136. The molecule has 0 amide bonds. The molecule has 3 heteroatoms. The number of hydrogen-bond donors (Lipinski definition) is 0. The van der Waals surface area contributed by atoms with Crippen LogP contribution >= 0.6 is 11.6 Å². The van der Waals surface area contributed by atoms with Crippen molar-refractivity contribution in [3.8, 4) is 11.1 Å². The molecule has 0 fully saturated rings. The monoisotopic (exact) mass is 300 g/mol. The lowest BCUT2D eigenvalue weighted by Crippen LogP contribution is -2.12. The summed E-state index contributed by atoms with van der Waals surface area (Å²) in [5, 5.41) is 0. The number of carbonyl (C=O) groups excluding carboxylic acids is 1. The molecule has 21 heavy (non-hydrogen) atoms. The highest BCUT2D eigenvalue weighted by Gasteiger charge is 2.28. The number of benzene rings is 2. The van der Waals surface area contributed by atoms with Gasteiger partial charge in [-0.3, -0.25) is 4.79 Å². The Morgan fingerprint density at radius 2 is 1.57 bits per heavy atom. The normalized spacial score (nSPS) is 12.8. The number of rotatable bonds is 5. The molecule has 0 spiro atoms. The van der Waals surface area contributed by atoms with Gasteiger partial charge in [-0.1, -0.05) is 48.5 Å². The maximum atomic E-state index is 11.7. The van der Waals surface area contributed by atoms with Gasteiger partial charge in [0, 0.05) is 18.2 Å². The molecule has 0 saturated heterocycles. The Balaban J connectivity index is 1.81. The lowest BCUT2D eigenvalue weighted by atomic mass is 9.98. The van der Waals surface area contributed by atoms with Gasteiger partial charge in [0.2, 0.25) is 0 Å². The Kier molecular flexibility index (Phi) is 4.26. The van der Waals surface area contributed by atoms with Gasteiger partial charge in [0.1, 0.15) is 6.61 Å². The van der Waals surface area contributed by atoms with Crippen molar-refractivity contribution >= 4 is 17.6 Å². The van der Waals surface area contributed by atoms with Gasteiger partial charge in [-0.15, -0.1) is 11.6 Å². The number of alkyl halides is 1. The van der Waals surface area contributed by atoms with Crippen molar-refractivity contribution in [2.75, 3.05) is 12.5 Å². The molecule has 0 atom stereocenters. The van der Waals surface area contributed by atoms with Crippen LogP contribution in [0.2, 0.25) is 0 Å².